The van der Waals surface area contributed by atoms with Gasteiger partial charge in [0.15, 0.2) is 0 Å². The average Bonchev–Trinajstić information content (AvgIpc) is 3.11. The quantitative estimate of drug-likeness (QED) is 0.672. The molecule has 27 heavy (non-hydrogen) atoms. The highest BCUT2D eigenvalue weighted by Crippen LogP contribution is 2.24. The van der Waals surface area contributed by atoms with E-state index in [1.807, 2.05) is 6.92 Å². The lowest BCUT2D eigenvalue weighted by atomic mass is 10.1. The van der Waals surface area contributed by atoms with Crippen molar-refractivity contribution in [2.45, 2.75) is 50.0 Å². The molecule has 1 aromatic rings. The van der Waals surface area contributed by atoms with Crippen LogP contribution >= 0.6 is 0 Å². The number of carbonyl (C=O) groups excluding carboxylic acids is 2. The van der Waals surface area contributed by atoms with Crippen molar-refractivity contribution < 1.29 is 22.7 Å². The molecule has 0 saturated carbocycles. The standard InChI is InChI=1S/C18H27N3O5S/c1-3-5-17(22)21-11-4-6-14(21)18(23)20-10-9-13-7-8-15(26-2)16(12-13)27(19,24)25/h7-8,12,14H,3-6,9-11H2,1-2H3,(H,20,23)(H2,19,24,25)/t14-/m0/s1. The molecule has 9 heteroatoms. The lowest BCUT2D eigenvalue weighted by molar-refractivity contribution is -0.138. The van der Waals surface area contributed by atoms with Crippen LogP contribution in [0.1, 0.15) is 38.2 Å². The molecule has 2 rings (SSSR count). The molecule has 1 aliphatic heterocycles. The summed E-state index contributed by atoms with van der Waals surface area (Å²) in [5.74, 6) is 0.0292. The third-order valence-corrected chi connectivity index (χ3v) is 5.52. The van der Waals surface area contributed by atoms with Crippen molar-refractivity contribution in [3.8, 4) is 5.75 Å². The van der Waals surface area contributed by atoms with Crippen LogP contribution in [0.15, 0.2) is 23.1 Å². The van der Waals surface area contributed by atoms with Crippen LogP contribution < -0.4 is 15.2 Å². The molecule has 3 N–H and O–H groups in total. The monoisotopic (exact) mass is 397 g/mol. The molecular weight excluding hydrogens is 370 g/mol. The molecule has 1 heterocycles. The van der Waals surface area contributed by atoms with E-state index in [9.17, 15) is 18.0 Å². The smallest absolute Gasteiger partial charge is 0.242 e. The Morgan fingerprint density at radius 1 is 1.37 bits per heavy atom. The van der Waals surface area contributed by atoms with Crippen molar-refractivity contribution in [2.75, 3.05) is 20.2 Å². The zero-order chi connectivity index (χ0) is 20.0. The molecule has 0 aliphatic carbocycles. The number of likely N-dealkylation sites (tertiary alicyclic amines) is 1. The topological polar surface area (TPSA) is 119 Å². The van der Waals surface area contributed by atoms with Gasteiger partial charge in [0.25, 0.3) is 0 Å². The Kier molecular flexibility index (Phi) is 7.20. The molecule has 2 amide bonds. The van der Waals surface area contributed by atoms with Crippen LogP contribution in [-0.4, -0.2) is 51.4 Å². The summed E-state index contributed by atoms with van der Waals surface area (Å²) >= 11 is 0. The largest absolute Gasteiger partial charge is 0.495 e. The van der Waals surface area contributed by atoms with Gasteiger partial charge in [-0.25, -0.2) is 13.6 Å². The molecule has 0 unspecified atom stereocenters. The number of hydrogen-bond donors (Lipinski definition) is 2. The van der Waals surface area contributed by atoms with Gasteiger partial charge >= 0.3 is 0 Å². The number of amides is 2. The SMILES string of the molecule is CCCC(=O)N1CCC[C@H]1C(=O)NCCc1ccc(OC)c(S(N)(=O)=O)c1. The average molecular weight is 397 g/mol. The normalized spacial score (nSPS) is 17.0. The Bertz CT molecular complexity index is 794. The Balaban J connectivity index is 1.96. The maximum Gasteiger partial charge on any atom is 0.242 e. The number of rotatable bonds is 8. The van der Waals surface area contributed by atoms with Crippen molar-refractivity contribution in [3.63, 3.8) is 0 Å². The minimum absolute atomic E-state index is 0.0168. The van der Waals surface area contributed by atoms with Gasteiger partial charge in [0, 0.05) is 19.5 Å². The van der Waals surface area contributed by atoms with Crippen LogP contribution in [0.2, 0.25) is 0 Å². The lowest BCUT2D eigenvalue weighted by Gasteiger charge is -2.24. The number of benzene rings is 1. The first kappa shape index (κ1) is 21.2. The molecule has 0 spiro atoms. The van der Waals surface area contributed by atoms with Crippen molar-refractivity contribution in [1.82, 2.24) is 10.2 Å². The van der Waals surface area contributed by atoms with Crippen molar-refractivity contribution in [2.24, 2.45) is 5.14 Å². The fourth-order valence-electron chi connectivity index (χ4n) is 3.24. The molecule has 0 radical (unpaired) electrons. The van der Waals surface area contributed by atoms with E-state index in [2.05, 4.69) is 5.32 Å². The highest BCUT2D eigenvalue weighted by Gasteiger charge is 2.33. The van der Waals surface area contributed by atoms with E-state index in [0.717, 1.165) is 12.8 Å². The van der Waals surface area contributed by atoms with Crippen LogP contribution in [0.3, 0.4) is 0 Å². The molecule has 1 aromatic carbocycles. The third-order valence-electron chi connectivity index (χ3n) is 4.59. The molecule has 1 aliphatic rings. The number of nitrogens with one attached hydrogen (secondary N) is 1. The number of sulfonamides is 1. The van der Waals surface area contributed by atoms with Crippen LogP contribution in [-0.2, 0) is 26.0 Å². The second-order valence-electron chi connectivity index (χ2n) is 6.57. The summed E-state index contributed by atoms with van der Waals surface area (Å²) in [5, 5.41) is 8.06. The van der Waals surface area contributed by atoms with E-state index in [1.165, 1.54) is 13.2 Å². The predicted molar refractivity (Wildman–Crippen MR) is 101 cm³/mol. The number of nitrogens with two attached hydrogens (primary N) is 1. The van der Waals surface area contributed by atoms with Gasteiger partial charge in [-0.15, -0.1) is 0 Å². The highest BCUT2D eigenvalue weighted by molar-refractivity contribution is 7.89. The molecule has 1 atom stereocenters. The minimum atomic E-state index is -3.90. The second kappa shape index (κ2) is 9.18. The van der Waals surface area contributed by atoms with Gasteiger partial charge in [0.1, 0.15) is 16.7 Å². The Morgan fingerprint density at radius 3 is 2.74 bits per heavy atom. The number of ether oxygens (including phenoxy) is 1. The fourth-order valence-corrected chi connectivity index (χ4v) is 3.99. The predicted octanol–water partition coefficient (Wildman–Crippen LogP) is 0.792. The molecular formula is C18H27N3O5S. The van der Waals surface area contributed by atoms with Gasteiger partial charge in [-0.1, -0.05) is 13.0 Å². The van der Waals surface area contributed by atoms with E-state index < -0.39 is 16.1 Å². The Morgan fingerprint density at radius 2 is 2.11 bits per heavy atom. The number of nitrogens with zero attached hydrogens (tertiary/aromatic N) is 1. The van der Waals surface area contributed by atoms with Gasteiger partial charge in [0.05, 0.1) is 7.11 Å². The summed E-state index contributed by atoms with van der Waals surface area (Å²) in [6.45, 7) is 2.89. The van der Waals surface area contributed by atoms with Crippen molar-refractivity contribution >= 4 is 21.8 Å². The minimum Gasteiger partial charge on any atom is -0.495 e. The van der Waals surface area contributed by atoms with E-state index in [1.54, 1.807) is 17.0 Å². The van der Waals surface area contributed by atoms with Crippen LogP contribution in [0.5, 0.6) is 5.75 Å². The number of carbonyl (C=O) groups is 2. The van der Waals surface area contributed by atoms with Crippen LogP contribution in [0.4, 0.5) is 0 Å². The zero-order valence-corrected chi connectivity index (χ0v) is 16.5. The Hall–Kier alpha value is -2.13. The van der Waals surface area contributed by atoms with Crippen molar-refractivity contribution in [1.29, 1.82) is 0 Å². The maximum absolute atomic E-state index is 12.4. The first-order valence-electron chi connectivity index (χ1n) is 9.04. The number of hydrogen-bond acceptors (Lipinski definition) is 5. The molecule has 1 saturated heterocycles. The van der Waals surface area contributed by atoms with E-state index in [4.69, 9.17) is 9.88 Å². The summed E-state index contributed by atoms with van der Waals surface area (Å²) in [5.41, 5.74) is 0.713. The number of methoxy groups -OCH3 is 1. The molecule has 0 bridgehead atoms. The molecule has 0 aromatic heterocycles. The Labute approximate surface area is 160 Å². The first-order chi connectivity index (χ1) is 12.8. The van der Waals surface area contributed by atoms with E-state index in [-0.39, 0.29) is 22.5 Å². The molecule has 8 nitrogen and oxygen atoms in total. The molecule has 150 valence electrons. The first-order valence-corrected chi connectivity index (χ1v) is 10.6. The fraction of sp³-hybridized carbons (Fsp3) is 0.556. The van der Waals surface area contributed by atoms with E-state index in [0.29, 0.717) is 37.9 Å². The number of primary sulfonamides is 1. The van der Waals surface area contributed by atoms with Gasteiger partial charge in [-0.2, -0.15) is 0 Å². The third kappa shape index (κ3) is 5.43. The van der Waals surface area contributed by atoms with Gasteiger partial charge in [-0.3, -0.25) is 9.59 Å². The second-order valence-corrected chi connectivity index (χ2v) is 8.10. The summed E-state index contributed by atoms with van der Waals surface area (Å²) < 4.78 is 28.4. The zero-order valence-electron chi connectivity index (χ0n) is 15.7. The van der Waals surface area contributed by atoms with Gasteiger partial charge < -0.3 is 15.0 Å². The highest BCUT2D eigenvalue weighted by atomic mass is 32.2. The van der Waals surface area contributed by atoms with Crippen LogP contribution in [0.25, 0.3) is 0 Å². The van der Waals surface area contributed by atoms with Crippen molar-refractivity contribution in [3.05, 3.63) is 23.8 Å². The summed E-state index contributed by atoms with van der Waals surface area (Å²) in [6.07, 6.45) is 3.14. The van der Waals surface area contributed by atoms with Gasteiger partial charge in [0.2, 0.25) is 21.8 Å². The van der Waals surface area contributed by atoms with E-state index >= 15 is 0 Å². The summed E-state index contributed by atoms with van der Waals surface area (Å²) in [6, 6.07) is 4.30. The molecule has 1 fully saturated rings. The lowest BCUT2D eigenvalue weighted by Crippen LogP contribution is -2.46. The summed E-state index contributed by atoms with van der Waals surface area (Å²) in [4.78, 5) is 26.1. The summed E-state index contributed by atoms with van der Waals surface area (Å²) in [7, 11) is -2.53. The maximum atomic E-state index is 12.4. The van der Waals surface area contributed by atoms with Crippen LogP contribution in [0, 0.1) is 0 Å². The van der Waals surface area contributed by atoms with Gasteiger partial charge in [-0.05, 0) is 43.4 Å².